The molecule has 0 spiro atoms. The lowest BCUT2D eigenvalue weighted by Gasteiger charge is -2.25. The van der Waals surface area contributed by atoms with E-state index in [2.05, 4.69) is 20.8 Å². The first-order valence-corrected chi connectivity index (χ1v) is 11.1. The minimum absolute atomic E-state index is 0.221. The molecular formula is C25H36O5. The van der Waals surface area contributed by atoms with Gasteiger partial charge in [-0.3, -0.25) is 9.59 Å². The number of hydrogen-bond acceptors (Lipinski definition) is 5. The lowest BCUT2D eigenvalue weighted by atomic mass is 9.88. The molecule has 0 bridgehead atoms. The highest BCUT2D eigenvalue weighted by Gasteiger charge is 2.32. The van der Waals surface area contributed by atoms with Crippen molar-refractivity contribution in [3.8, 4) is 11.5 Å². The van der Waals surface area contributed by atoms with Crippen LogP contribution in [0.15, 0.2) is 18.2 Å². The number of benzene rings is 1. The minimum atomic E-state index is -0.248. The fourth-order valence-corrected chi connectivity index (χ4v) is 3.82. The van der Waals surface area contributed by atoms with Crippen LogP contribution in [0, 0.1) is 5.92 Å². The summed E-state index contributed by atoms with van der Waals surface area (Å²) in [6.45, 7) is 7.22. The van der Waals surface area contributed by atoms with Crippen LogP contribution in [-0.4, -0.2) is 32.4 Å². The highest BCUT2D eigenvalue weighted by Crippen LogP contribution is 2.42. The number of ketones is 2. The Morgan fingerprint density at radius 1 is 0.867 bits per heavy atom. The number of carbonyl (C=O) groups is 2. The summed E-state index contributed by atoms with van der Waals surface area (Å²) in [7, 11) is 3.05. The highest BCUT2D eigenvalue weighted by molar-refractivity contribution is 6.24. The van der Waals surface area contributed by atoms with Gasteiger partial charge < -0.3 is 14.2 Å². The number of rotatable bonds is 13. The van der Waals surface area contributed by atoms with Crippen molar-refractivity contribution < 1.29 is 23.8 Å². The largest absolute Gasteiger partial charge is 0.496 e. The predicted octanol–water partition coefficient (Wildman–Crippen LogP) is 6.10. The maximum Gasteiger partial charge on any atom is 0.190 e. The van der Waals surface area contributed by atoms with Crippen molar-refractivity contribution >= 4 is 11.6 Å². The summed E-state index contributed by atoms with van der Waals surface area (Å²) >= 11 is 0. The molecule has 0 saturated carbocycles. The van der Waals surface area contributed by atoms with Gasteiger partial charge in [0.2, 0.25) is 0 Å². The number of hydrogen-bond donors (Lipinski definition) is 0. The van der Waals surface area contributed by atoms with Gasteiger partial charge in [0.25, 0.3) is 0 Å². The Labute approximate surface area is 180 Å². The summed E-state index contributed by atoms with van der Waals surface area (Å²) in [4.78, 5) is 25.1. The SMILES string of the molecule is CCCCCCCOC(CCC(C)C)c1cc(OC)c2c(c1OC)C(=O)C=CC2=O. The van der Waals surface area contributed by atoms with Gasteiger partial charge in [0.05, 0.1) is 31.5 Å². The summed E-state index contributed by atoms with van der Waals surface area (Å²) in [6.07, 6.45) is 9.98. The molecule has 166 valence electrons. The van der Waals surface area contributed by atoms with Gasteiger partial charge in [-0.2, -0.15) is 0 Å². The van der Waals surface area contributed by atoms with Crippen LogP contribution in [0.25, 0.3) is 0 Å². The fraction of sp³-hybridized carbons (Fsp3) is 0.600. The maximum absolute atomic E-state index is 12.7. The van der Waals surface area contributed by atoms with Gasteiger partial charge in [-0.05, 0) is 43.4 Å². The molecule has 5 heteroatoms. The summed E-state index contributed by atoms with van der Waals surface area (Å²) in [5, 5.41) is 0. The Kier molecular flexibility index (Phi) is 9.57. The van der Waals surface area contributed by atoms with Gasteiger partial charge >= 0.3 is 0 Å². The number of ether oxygens (including phenoxy) is 3. The standard InChI is InChI=1S/C25H36O5/c1-6-7-8-9-10-15-30-21(14-11-17(2)3)18-16-22(28-4)23-19(26)12-13-20(27)24(23)25(18)29-5/h12-13,16-17,21H,6-11,14-15H2,1-5H3. The Morgan fingerprint density at radius 3 is 2.13 bits per heavy atom. The van der Waals surface area contributed by atoms with Crippen LogP contribution in [0.2, 0.25) is 0 Å². The Morgan fingerprint density at radius 2 is 1.53 bits per heavy atom. The number of methoxy groups -OCH3 is 2. The second-order valence-corrected chi connectivity index (χ2v) is 8.26. The van der Waals surface area contributed by atoms with E-state index in [0.29, 0.717) is 24.0 Å². The molecule has 2 rings (SSSR count). The lowest BCUT2D eigenvalue weighted by molar-refractivity contribution is 0.0385. The molecule has 0 saturated heterocycles. The van der Waals surface area contributed by atoms with E-state index in [1.54, 1.807) is 0 Å². The van der Waals surface area contributed by atoms with E-state index in [4.69, 9.17) is 14.2 Å². The Balaban J connectivity index is 2.37. The molecule has 0 fully saturated rings. The first-order valence-electron chi connectivity index (χ1n) is 11.1. The first-order chi connectivity index (χ1) is 14.4. The zero-order valence-corrected chi connectivity index (χ0v) is 19.1. The number of carbonyl (C=O) groups excluding carboxylic acids is 2. The maximum atomic E-state index is 12.7. The highest BCUT2D eigenvalue weighted by atomic mass is 16.5. The first kappa shape index (κ1) is 24.1. The molecule has 0 aromatic heterocycles. The van der Waals surface area contributed by atoms with Crippen molar-refractivity contribution in [2.75, 3.05) is 20.8 Å². The second-order valence-electron chi connectivity index (χ2n) is 8.26. The molecular weight excluding hydrogens is 380 g/mol. The molecule has 0 radical (unpaired) electrons. The Hall–Kier alpha value is -2.14. The van der Waals surface area contributed by atoms with Crippen LogP contribution in [0.4, 0.5) is 0 Å². The van der Waals surface area contributed by atoms with E-state index in [-0.39, 0.29) is 28.8 Å². The molecule has 1 aromatic rings. The third kappa shape index (κ3) is 5.94. The number of unbranched alkanes of at least 4 members (excludes halogenated alkanes) is 4. The van der Waals surface area contributed by atoms with Gasteiger partial charge in [-0.25, -0.2) is 0 Å². The average Bonchev–Trinajstić information content (AvgIpc) is 2.73. The van der Waals surface area contributed by atoms with Gasteiger partial charge in [0.15, 0.2) is 11.6 Å². The van der Waals surface area contributed by atoms with Crippen LogP contribution in [0.5, 0.6) is 11.5 Å². The summed E-state index contributed by atoms with van der Waals surface area (Å²) in [5.74, 6) is 0.848. The van der Waals surface area contributed by atoms with Gasteiger partial charge in [0.1, 0.15) is 11.5 Å². The topological polar surface area (TPSA) is 61.8 Å². The molecule has 1 atom stereocenters. The molecule has 1 unspecified atom stereocenters. The van der Waals surface area contributed by atoms with Crippen LogP contribution in [0.3, 0.4) is 0 Å². The van der Waals surface area contributed by atoms with E-state index in [0.717, 1.165) is 31.2 Å². The third-order valence-electron chi connectivity index (χ3n) is 5.50. The quantitative estimate of drug-likeness (QED) is 0.363. The lowest BCUT2D eigenvalue weighted by Crippen LogP contribution is -2.18. The molecule has 1 aromatic carbocycles. The van der Waals surface area contributed by atoms with Gasteiger partial charge in [-0.15, -0.1) is 0 Å². The van der Waals surface area contributed by atoms with E-state index in [1.165, 1.54) is 45.6 Å². The van der Waals surface area contributed by atoms with E-state index in [1.807, 2.05) is 6.07 Å². The zero-order valence-electron chi connectivity index (χ0n) is 19.1. The molecule has 0 N–H and O–H groups in total. The van der Waals surface area contributed by atoms with Crippen molar-refractivity contribution in [2.24, 2.45) is 5.92 Å². The molecule has 1 aliphatic carbocycles. The number of fused-ring (bicyclic) bond motifs is 1. The molecule has 30 heavy (non-hydrogen) atoms. The van der Waals surface area contributed by atoms with Gasteiger partial charge in [-0.1, -0.05) is 46.5 Å². The number of allylic oxidation sites excluding steroid dienone is 2. The van der Waals surface area contributed by atoms with Crippen molar-refractivity contribution in [1.82, 2.24) is 0 Å². The van der Waals surface area contributed by atoms with Crippen molar-refractivity contribution in [2.45, 2.75) is 71.8 Å². The van der Waals surface area contributed by atoms with E-state index in [9.17, 15) is 9.59 Å². The molecule has 0 heterocycles. The van der Waals surface area contributed by atoms with Crippen LogP contribution in [0.1, 0.15) is 98.1 Å². The van der Waals surface area contributed by atoms with Crippen molar-refractivity contribution in [1.29, 1.82) is 0 Å². The monoisotopic (exact) mass is 416 g/mol. The van der Waals surface area contributed by atoms with Crippen molar-refractivity contribution in [3.63, 3.8) is 0 Å². The predicted molar refractivity (Wildman–Crippen MR) is 119 cm³/mol. The third-order valence-corrected chi connectivity index (χ3v) is 5.50. The average molecular weight is 417 g/mol. The fourth-order valence-electron chi connectivity index (χ4n) is 3.82. The molecule has 5 nitrogen and oxygen atoms in total. The smallest absolute Gasteiger partial charge is 0.190 e. The summed E-state index contributed by atoms with van der Waals surface area (Å²) in [5.41, 5.74) is 1.33. The van der Waals surface area contributed by atoms with E-state index < -0.39 is 0 Å². The Bertz CT molecular complexity index is 763. The normalized spacial score (nSPS) is 14.2. The summed E-state index contributed by atoms with van der Waals surface area (Å²) < 4.78 is 17.5. The summed E-state index contributed by atoms with van der Waals surface area (Å²) in [6, 6.07) is 1.81. The molecule has 0 amide bonds. The van der Waals surface area contributed by atoms with Crippen LogP contribution in [-0.2, 0) is 4.74 Å². The minimum Gasteiger partial charge on any atom is -0.496 e. The molecule has 0 aliphatic heterocycles. The van der Waals surface area contributed by atoms with Crippen molar-refractivity contribution in [3.05, 3.63) is 34.9 Å². The van der Waals surface area contributed by atoms with Crippen LogP contribution >= 0.6 is 0 Å². The van der Waals surface area contributed by atoms with Crippen LogP contribution < -0.4 is 9.47 Å². The van der Waals surface area contributed by atoms with E-state index >= 15 is 0 Å². The van der Waals surface area contributed by atoms with Gasteiger partial charge in [0, 0.05) is 12.2 Å². The second kappa shape index (κ2) is 11.9. The molecule has 1 aliphatic rings. The zero-order chi connectivity index (χ0) is 22.1.